The van der Waals surface area contributed by atoms with Crippen molar-refractivity contribution in [1.82, 2.24) is 19.6 Å². The lowest BCUT2D eigenvalue weighted by atomic mass is 10.0. The quantitative estimate of drug-likeness (QED) is 0.620. The number of fused-ring (bicyclic) bond motifs is 1. The Balaban J connectivity index is 2.00. The third-order valence-corrected chi connectivity index (χ3v) is 5.06. The smallest absolute Gasteiger partial charge is 0.255 e. The average Bonchev–Trinajstić information content (AvgIpc) is 2.90. The number of benzene rings is 1. The molecule has 26 heavy (non-hydrogen) atoms. The Labute approximate surface area is 154 Å². The molecule has 1 aliphatic rings. The van der Waals surface area contributed by atoms with Crippen molar-refractivity contribution in [2.45, 2.75) is 32.6 Å². The van der Waals surface area contributed by atoms with Crippen molar-refractivity contribution in [2.24, 2.45) is 0 Å². The van der Waals surface area contributed by atoms with E-state index in [4.69, 9.17) is 11.6 Å². The molecule has 1 saturated heterocycles. The topological polar surface area (TPSA) is 46.3 Å². The zero-order valence-corrected chi connectivity index (χ0v) is 15.1. The fourth-order valence-corrected chi connectivity index (χ4v) is 3.71. The van der Waals surface area contributed by atoms with Gasteiger partial charge in [-0.05, 0) is 37.5 Å². The lowest BCUT2D eigenvalue weighted by molar-refractivity contribution is 0.595. The van der Waals surface area contributed by atoms with E-state index in [1.165, 1.54) is 25.4 Å². The monoisotopic (exact) mass is 377 g/mol. The van der Waals surface area contributed by atoms with Crippen molar-refractivity contribution in [3.63, 3.8) is 0 Å². The number of hydrogen-bond donors (Lipinski definition) is 0. The van der Waals surface area contributed by atoms with Crippen LogP contribution in [-0.4, -0.2) is 32.7 Å². The van der Waals surface area contributed by atoms with E-state index in [2.05, 4.69) is 20.0 Å². The van der Waals surface area contributed by atoms with E-state index in [-0.39, 0.29) is 16.3 Å². The van der Waals surface area contributed by atoms with Crippen LogP contribution in [0, 0.1) is 18.6 Å². The minimum Gasteiger partial charge on any atom is -0.356 e. The lowest BCUT2D eigenvalue weighted by Crippen LogP contribution is -2.27. The zero-order chi connectivity index (χ0) is 18.3. The van der Waals surface area contributed by atoms with Crippen LogP contribution in [0.2, 0.25) is 5.15 Å². The third kappa shape index (κ3) is 2.90. The normalized spacial score (nSPS) is 15.5. The maximum Gasteiger partial charge on any atom is 0.255 e. The molecule has 0 saturated carbocycles. The minimum absolute atomic E-state index is 0.0854. The Bertz CT molecular complexity index is 964. The summed E-state index contributed by atoms with van der Waals surface area (Å²) in [5.41, 5.74) is 0.679. The number of aromatic nitrogens is 4. The maximum atomic E-state index is 14.7. The van der Waals surface area contributed by atoms with Crippen LogP contribution in [0.1, 0.15) is 31.2 Å². The second kappa shape index (κ2) is 6.79. The molecule has 1 aliphatic heterocycles. The highest BCUT2D eigenvalue weighted by Gasteiger charge is 2.25. The predicted molar refractivity (Wildman–Crippen MR) is 96.6 cm³/mol. The molecule has 0 unspecified atom stereocenters. The molecule has 0 amide bonds. The van der Waals surface area contributed by atoms with Gasteiger partial charge in [-0.15, -0.1) is 0 Å². The van der Waals surface area contributed by atoms with Crippen molar-refractivity contribution >= 4 is 23.2 Å². The average molecular weight is 378 g/mol. The Morgan fingerprint density at radius 2 is 1.77 bits per heavy atom. The van der Waals surface area contributed by atoms with E-state index in [0.717, 1.165) is 38.8 Å². The van der Waals surface area contributed by atoms with Crippen LogP contribution in [0.5, 0.6) is 0 Å². The van der Waals surface area contributed by atoms with Gasteiger partial charge in [-0.3, -0.25) is 0 Å². The lowest BCUT2D eigenvalue weighted by Gasteiger charge is -2.26. The summed E-state index contributed by atoms with van der Waals surface area (Å²) in [6.45, 7) is 3.11. The molecular weight excluding hydrogens is 360 g/mol. The molecule has 0 N–H and O–H groups in total. The van der Waals surface area contributed by atoms with Gasteiger partial charge in [0.25, 0.3) is 5.78 Å². The molecule has 0 atom stereocenters. The molecule has 0 spiro atoms. The van der Waals surface area contributed by atoms with Gasteiger partial charge in [-0.1, -0.05) is 24.4 Å². The first-order valence-corrected chi connectivity index (χ1v) is 9.04. The summed E-state index contributed by atoms with van der Waals surface area (Å²) < 4.78 is 30.5. The van der Waals surface area contributed by atoms with E-state index in [1.54, 1.807) is 4.52 Å². The summed E-state index contributed by atoms with van der Waals surface area (Å²) in [6.07, 6.45) is 5.69. The van der Waals surface area contributed by atoms with Crippen LogP contribution in [0.4, 0.5) is 14.6 Å². The Hall–Kier alpha value is -2.28. The first kappa shape index (κ1) is 17.1. The summed E-state index contributed by atoms with van der Waals surface area (Å²) in [7, 11) is 0. The van der Waals surface area contributed by atoms with Gasteiger partial charge >= 0.3 is 0 Å². The summed E-state index contributed by atoms with van der Waals surface area (Å²) in [6, 6.07) is 2.36. The van der Waals surface area contributed by atoms with Crippen molar-refractivity contribution < 1.29 is 8.78 Å². The highest BCUT2D eigenvalue weighted by molar-refractivity contribution is 6.33. The van der Waals surface area contributed by atoms with Crippen molar-refractivity contribution in [1.29, 1.82) is 0 Å². The summed E-state index contributed by atoms with van der Waals surface area (Å²) in [4.78, 5) is 10.5. The van der Waals surface area contributed by atoms with Gasteiger partial charge < -0.3 is 4.90 Å². The van der Waals surface area contributed by atoms with Gasteiger partial charge in [-0.25, -0.2) is 8.78 Å². The van der Waals surface area contributed by atoms with E-state index in [9.17, 15) is 8.78 Å². The highest BCUT2D eigenvalue weighted by atomic mass is 35.5. The second-order valence-corrected chi connectivity index (χ2v) is 6.91. The molecule has 3 heterocycles. The van der Waals surface area contributed by atoms with Gasteiger partial charge in [0.15, 0.2) is 0 Å². The molecule has 8 heteroatoms. The molecule has 136 valence electrons. The number of halogens is 3. The van der Waals surface area contributed by atoms with Gasteiger partial charge in [0.05, 0.1) is 5.56 Å². The zero-order valence-electron chi connectivity index (χ0n) is 14.3. The molecule has 1 fully saturated rings. The molecule has 0 aliphatic carbocycles. The van der Waals surface area contributed by atoms with Gasteiger partial charge in [-0.2, -0.15) is 19.6 Å². The molecule has 4 rings (SSSR count). The van der Waals surface area contributed by atoms with E-state index < -0.39 is 11.6 Å². The molecule has 0 bridgehead atoms. The Kier molecular flexibility index (Phi) is 4.48. The van der Waals surface area contributed by atoms with Gasteiger partial charge in [0, 0.05) is 18.7 Å². The van der Waals surface area contributed by atoms with E-state index in [1.807, 2.05) is 0 Å². The molecular formula is C18H18ClF2N5. The third-order valence-electron chi connectivity index (χ3n) is 4.78. The number of anilines is 1. The SMILES string of the molecule is Cc1cc(F)c(-c2c(Cl)nc3ncnn3c2N2CCCCCC2)cc1F. The maximum absolute atomic E-state index is 14.7. The second-order valence-electron chi connectivity index (χ2n) is 6.56. The van der Waals surface area contributed by atoms with Crippen molar-refractivity contribution in [3.8, 4) is 11.1 Å². The molecule has 3 aromatic rings. The summed E-state index contributed by atoms with van der Waals surface area (Å²) in [5.74, 6) is -0.0753. The molecule has 5 nitrogen and oxygen atoms in total. The van der Waals surface area contributed by atoms with E-state index >= 15 is 0 Å². The number of rotatable bonds is 2. The Morgan fingerprint density at radius 1 is 1.04 bits per heavy atom. The van der Waals surface area contributed by atoms with Crippen LogP contribution < -0.4 is 4.90 Å². The van der Waals surface area contributed by atoms with Crippen LogP contribution in [0.25, 0.3) is 16.9 Å². The van der Waals surface area contributed by atoms with E-state index in [0.29, 0.717) is 17.2 Å². The fraction of sp³-hybridized carbons (Fsp3) is 0.389. The van der Waals surface area contributed by atoms with Crippen molar-refractivity contribution in [2.75, 3.05) is 18.0 Å². The van der Waals surface area contributed by atoms with Gasteiger partial charge in [0.1, 0.15) is 28.9 Å². The Morgan fingerprint density at radius 3 is 2.50 bits per heavy atom. The predicted octanol–water partition coefficient (Wildman–Crippen LogP) is 4.41. The number of nitrogens with zero attached hydrogens (tertiary/aromatic N) is 5. The highest BCUT2D eigenvalue weighted by Crippen LogP contribution is 2.39. The molecule has 1 aromatic carbocycles. The first-order valence-electron chi connectivity index (χ1n) is 8.66. The summed E-state index contributed by atoms with van der Waals surface area (Å²) >= 11 is 6.42. The van der Waals surface area contributed by atoms with Gasteiger partial charge in [0.2, 0.25) is 0 Å². The molecule has 2 aromatic heterocycles. The number of aryl methyl sites for hydroxylation is 1. The van der Waals surface area contributed by atoms with Crippen molar-refractivity contribution in [3.05, 3.63) is 40.8 Å². The summed E-state index contributed by atoms with van der Waals surface area (Å²) in [5, 5.41) is 4.34. The van der Waals surface area contributed by atoms with Crippen LogP contribution >= 0.6 is 11.6 Å². The molecule has 0 radical (unpaired) electrons. The minimum atomic E-state index is -0.539. The fourth-order valence-electron chi connectivity index (χ4n) is 3.45. The number of hydrogen-bond acceptors (Lipinski definition) is 4. The largest absolute Gasteiger partial charge is 0.356 e. The standard InChI is InChI=1S/C18H18ClF2N5/c1-11-8-14(21)12(9-13(11)20)15-16(19)24-18-22-10-23-26(18)17(15)25-6-4-2-3-5-7-25/h8-10H,2-7H2,1H3. The van der Waals surface area contributed by atoms with Crippen LogP contribution in [0.3, 0.4) is 0 Å². The first-order chi connectivity index (χ1) is 12.6. The van der Waals surface area contributed by atoms with Crippen LogP contribution in [0.15, 0.2) is 18.5 Å². The van der Waals surface area contributed by atoms with Crippen LogP contribution in [-0.2, 0) is 0 Å².